The summed E-state index contributed by atoms with van der Waals surface area (Å²) in [5, 5.41) is 2.77. The number of hydrogen-bond acceptors (Lipinski definition) is 2. The molecule has 6 heteroatoms. The quantitative estimate of drug-likeness (QED) is 0.862. The first-order chi connectivity index (χ1) is 13.6. The van der Waals surface area contributed by atoms with Crippen molar-refractivity contribution in [3.63, 3.8) is 0 Å². The standard InChI is InChI=1S/C22H22FN3O2/c23-17-4-3-5-18-19(17)22(10-1-2-11-22)14-26(18)20(27)15-6-8-16(9-7-15)25-13-12-24-21(25)28/h3-9H,1-2,10-14H2,(H,24,28). The molecule has 2 aromatic carbocycles. The molecule has 1 aliphatic carbocycles. The number of urea groups is 1. The number of anilines is 2. The summed E-state index contributed by atoms with van der Waals surface area (Å²) in [6, 6.07) is 12.0. The Balaban J connectivity index is 1.46. The number of fused-ring (bicyclic) bond motifs is 2. The van der Waals surface area contributed by atoms with Crippen LogP contribution in [0, 0.1) is 5.82 Å². The lowest BCUT2D eigenvalue weighted by Gasteiger charge is -2.25. The maximum atomic E-state index is 14.7. The predicted molar refractivity (Wildman–Crippen MR) is 105 cm³/mol. The number of carbonyl (C=O) groups is 2. The number of carbonyl (C=O) groups excluding carboxylic acids is 2. The highest BCUT2D eigenvalue weighted by atomic mass is 19.1. The first-order valence-corrected chi connectivity index (χ1v) is 9.85. The van der Waals surface area contributed by atoms with Crippen LogP contribution in [0.1, 0.15) is 41.6 Å². The van der Waals surface area contributed by atoms with Gasteiger partial charge in [-0.3, -0.25) is 9.69 Å². The van der Waals surface area contributed by atoms with Gasteiger partial charge in [0.2, 0.25) is 0 Å². The summed E-state index contributed by atoms with van der Waals surface area (Å²) in [5.74, 6) is -0.321. The van der Waals surface area contributed by atoms with Crippen LogP contribution < -0.4 is 15.1 Å². The van der Waals surface area contributed by atoms with Gasteiger partial charge in [0.25, 0.3) is 5.91 Å². The zero-order chi connectivity index (χ0) is 19.3. The van der Waals surface area contributed by atoms with Crippen LogP contribution >= 0.6 is 0 Å². The van der Waals surface area contributed by atoms with Gasteiger partial charge >= 0.3 is 6.03 Å². The van der Waals surface area contributed by atoms with E-state index in [0.29, 0.717) is 36.4 Å². The third-order valence-corrected chi connectivity index (χ3v) is 6.36. The molecular weight excluding hydrogens is 357 g/mol. The highest BCUT2D eigenvalue weighted by molar-refractivity contribution is 6.08. The van der Waals surface area contributed by atoms with Crippen LogP contribution in [0.3, 0.4) is 0 Å². The Bertz CT molecular complexity index is 951. The average molecular weight is 379 g/mol. The van der Waals surface area contributed by atoms with E-state index in [2.05, 4.69) is 5.32 Å². The number of rotatable bonds is 2. The first-order valence-electron chi connectivity index (χ1n) is 9.85. The van der Waals surface area contributed by atoms with Crippen LogP contribution in [0.4, 0.5) is 20.6 Å². The zero-order valence-corrected chi connectivity index (χ0v) is 15.6. The van der Waals surface area contributed by atoms with Gasteiger partial charge in [-0.05, 0) is 49.2 Å². The van der Waals surface area contributed by atoms with E-state index in [1.165, 1.54) is 6.07 Å². The molecule has 5 nitrogen and oxygen atoms in total. The maximum absolute atomic E-state index is 14.7. The van der Waals surface area contributed by atoms with Gasteiger partial charge in [0, 0.05) is 41.9 Å². The molecule has 3 amide bonds. The normalized spacial score (nSPS) is 20.0. The lowest BCUT2D eigenvalue weighted by atomic mass is 9.80. The molecule has 2 aliphatic heterocycles. The van der Waals surface area contributed by atoms with E-state index in [1.54, 1.807) is 40.1 Å². The molecule has 5 rings (SSSR count). The van der Waals surface area contributed by atoms with Gasteiger partial charge in [-0.15, -0.1) is 0 Å². The van der Waals surface area contributed by atoms with Gasteiger partial charge in [-0.25, -0.2) is 9.18 Å². The second kappa shape index (κ2) is 6.33. The van der Waals surface area contributed by atoms with Gasteiger partial charge in [0.15, 0.2) is 0 Å². The van der Waals surface area contributed by atoms with Crippen LogP contribution in [0.5, 0.6) is 0 Å². The van der Waals surface area contributed by atoms with Crippen LogP contribution in [0.2, 0.25) is 0 Å². The monoisotopic (exact) mass is 379 g/mol. The minimum absolute atomic E-state index is 0.118. The Hall–Kier alpha value is -2.89. The average Bonchev–Trinajstić information content (AvgIpc) is 3.42. The van der Waals surface area contributed by atoms with Gasteiger partial charge in [0.1, 0.15) is 5.82 Å². The molecule has 1 spiro atoms. The minimum Gasteiger partial charge on any atom is -0.336 e. The van der Waals surface area contributed by atoms with Crippen LogP contribution in [-0.4, -0.2) is 31.6 Å². The lowest BCUT2D eigenvalue weighted by molar-refractivity contribution is 0.0985. The van der Waals surface area contributed by atoms with Crippen molar-refractivity contribution in [2.75, 3.05) is 29.4 Å². The third-order valence-electron chi connectivity index (χ3n) is 6.36. The second-order valence-corrected chi connectivity index (χ2v) is 7.94. The number of halogens is 1. The molecule has 2 aromatic rings. The zero-order valence-electron chi connectivity index (χ0n) is 15.6. The van der Waals surface area contributed by atoms with E-state index in [0.717, 1.165) is 31.4 Å². The Labute approximate surface area is 163 Å². The lowest BCUT2D eigenvalue weighted by Crippen LogP contribution is -2.35. The molecule has 0 bridgehead atoms. The number of nitrogens with one attached hydrogen (secondary N) is 1. The fourth-order valence-corrected chi connectivity index (χ4v) is 5.03. The third kappa shape index (κ3) is 2.51. The van der Waals surface area contributed by atoms with Crippen molar-refractivity contribution < 1.29 is 14.0 Å². The summed E-state index contributed by atoms with van der Waals surface area (Å²) in [5.41, 5.74) is 2.49. The van der Waals surface area contributed by atoms with Crippen molar-refractivity contribution in [1.29, 1.82) is 0 Å². The molecule has 28 heavy (non-hydrogen) atoms. The van der Waals surface area contributed by atoms with Crippen molar-refractivity contribution in [3.05, 3.63) is 59.4 Å². The Morgan fingerprint density at radius 1 is 1.07 bits per heavy atom. The van der Waals surface area contributed by atoms with Gasteiger partial charge in [0.05, 0.1) is 5.69 Å². The van der Waals surface area contributed by atoms with E-state index in [1.807, 2.05) is 6.07 Å². The summed E-state index contributed by atoms with van der Waals surface area (Å²) in [7, 11) is 0. The summed E-state index contributed by atoms with van der Waals surface area (Å²) in [6.07, 6.45) is 3.99. The molecule has 3 aliphatic rings. The summed E-state index contributed by atoms with van der Waals surface area (Å²) < 4.78 is 14.7. The molecule has 144 valence electrons. The second-order valence-electron chi connectivity index (χ2n) is 7.94. The van der Waals surface area contributed by atoms with E-state index in [4.69, 9.17) is 0 Å². The molecule has 0 aromatic heterocycles. The van der Waals surface area contributed by atoms with Gasteiger partial charge in [-0.1, -0.05) is 18.9 Å². The maximum Gasteiger partial charge on any atom is 0.321 e. The number of hydrogen-bond donors (Lipinski definition) is 1. The van der Waals surface area contributed by atoms with E-state index in [-0.39, 0.29) is 23.2 Å². The van der Waals surface area contributed by atoms with Crippen LogP contribution in [0.25, 0.3) is 0 Å². The van der Waals surface area contributed by atoms with Crippen molar-refractivity contribution in [2.45, 2.75) is 31.1 Å². The summed E-state index contributed by atoms with van der Waals surface area (Å²) >= 11 is 0. The molecule has 2 fully saturated rings. The van der Waals surface area contributed by atoms with Crippen LogP contribution in [-0.2, 0) is 5.41 Å². The smallest absolute Gasteiger partial charge is 0.321 e. The molecule has 1 saturated carbocycles. The van der Waals surface area contributed by atoms with Crippen molar-refractivity contribution in [1.82, 2.24) is 5.32 Å². The van der Waals surface area contributed by atoms with E-state index < -0.39 is 0 Å². The Kier molecular flexibility index (Phi) is 3.89. The van der Waals surface area contributed by atoms with Crippen molar-refractivity contribution in [3.8, 4) is 0 Å². The molecule has 1 saturated heterocycles. The Morgan fingerprint density at radius 2 is 1.82 bits per heavy atom. The molecule has 2 heterocycles. The highest BCUT2D eigenvalue weighted by Crippen LogP contribution is 2.51. The van der Waals surface area contributed by atoms with Gasteiger partial charge < -0.3 is 10.2 Å². The predicted octanol–water partition coefficient (Wildman–Crippen LogP) is 3.83. The molecule has 0 atom stereocenters. The molecule has 1 N–H and O–H groups in total. The summed E-state index contributed by atoms with van der Waals surface area (Å²) in [4.78, 5) is 28.5. The van der Waals surface area contributed by atoms with E-state index >= 15 is 0 Å². The number of amides is 3. The summed E-state index contributed by atoms with van der Waals surface area (Å²) in [6.45, 7) is 1.78. The highest BCUT2D eigenvalue weighted by Gasteiger charge is 2.48. The minimum atomic E-state index is -0.246. The molecule has 0 unspecified atom stereocenters. The van der Waals surface area contributed by atoms with Crippen molar-refractivity contribution in [2.24, 2.45) is 0 Å². The first kappa shape index (κ1) is 17.2. The Morgan fingerprint density at radius 3 is 2.50 bits per heavy atom. The van der Waals surface area contributed by atoms with E-state index in [9.17, 15) is 14.0 Å². The van der Waals surface area contributed by atoms with Gasteiger partial charge in [-0.2, -0.15) is 0 Å². The fourth-order valence-electron chi connectivity index (χ4n) is 5.03. The molecule has 0 radical (unpaired) electrons. The SMILES string of the molecule is O=C1NCCN1c1ccc(C(=O)N2CC3(CCCC3)c3c(F)cccc32)cc1. The van der Waals surface area contributed by atoms with Crippen LogP contribution in [0.15, 0.2) is 42.5 Å². The topological polar surface area (TPSA) is 52.7 Å². The van der Waals surface area contributed by atoms with Crippen molar-refractivity contribution >= 4 is 23.3 Å². The number of nitrogens with zero attached hydrogens (tertiary/aromatic N) is 2. The largest absolute Gasteiger partial charge is 0.336 e. The number of benzene rings is 2. The fraction of sp³-hybridized carbons (Fsp3) is 0.364. The molecular formula is C22H22FN3O2.